The fraction of sp³-hybridized carbons (Fsp3) is 0.333. The van der Waals surface area contributed by atoms with Gasteiger partial charge in [-0.3, -0.25) is 0 Å². The molecule has 0 saturated heterocycles. The standard InChI is InChI=1S/C18H22O2/c1-5-14-7-9-15(10-8-14)18(3,19)16-12-13(2)6-11-17(16)20-4/h6-12,19H,5H2,1-4H3. The van der Waals surface area contributed by atoms with E-state index in [2.05, 4.69) is 19.1 Å². The quantitative estimate of drug-likeness (QED) is 0.915. The first kappa shape index (κ1) is 14.6. The minimum Gasteiger partial charge on any atom is -0.496 e. The van der Waals surface area contributed by atoms with Gasteiger partial charge in [-0.15, -0.1) is 0 Å². The molecule has 0 aliphatic heterocycles. The molecule has 2 aromatic rings. The van der Waals surface area contributed by atoms with Crippen LogP contribution in [0.15, 0.2) is 42.5 Å². The molecule has 0 saturated carbocycles. The lowest BCUT2D eigenvalue weighted by atomic mass is 9.86. The molecular formula is C18H22O2. The van der Waals surface area contributed by atoms with Crippen molar-refractivity contribution in [3.05, 3.63) is 64.7 Å². The Labute approximate surface area is 121 Å². The Bertz CT molecular complexity index is 583. The summed E-state index contributed by atoms with van der Waals surface area (Å²) in [7, 11) is 1.63. The van der Waals surface area contributed by atoms with Gasteiger partial charge >= 0.3 is 0 Å². The minimum atomic E-state index is -1.07. The zero-order chi connectivity index (χ0) is 14.8. The van der Waals surface area contributed by atoms with E-state index in [9.17, 15) is 5.11 Å². The Morgan fingerprint density at radius 3 is 2.30 bits per heavy atom. The summed E-state index contributed by atoms with van der Waals surface area (Å²) in [5.41, 5.74) is 2.97. The van der Waals surface area contributed by atoms with Gasteiger partial charge in [0.25, 0.3) is 0 Å². The van der Waals surface area contributed by atoms with Crippen molar-refractivity contribution in [2.45, 2.75) is 32.8 Å². The van der Waals surface area contributed by atoms with Crippen molar-refractivity contribution in [3.63, 3.8) is 0 Å². The van der Waals surface area contributed by atoms with Gasteiger partial charge in [0.15, 0.2) is 0 Å². The number of rotatable bonds is 4. The molecule has 0 fully saturated rings. The van der Waals surface area contributed by atoms with Crippen LogP contribution in [0.1, 0.15) is 36.1 Å². The Kier molecular flexibility index (Phi) is 4.15. The van der Waals surface area contributed by atoms with E-state index < -0.39 is 5.60 Å². The van der Waals surface area contributed by atoms with Crippen LogP contribution in [-0.2, 0) is 12.0 Å². The summed E-state index contributed by atoms with van der Waals surface area (Å²) in [5, 5.41) is 11.0. The van der Waals surface area contributed by atoms with Crippen molar-refractivity contribution < 1.29 is 9.84 Å². The van der Waals surface area contributed by atoms with Gasteiger partial charge in [-0.05, 0) is 43.5 Å². The molecule has 2 aromatic carbocycles. The van der Waals surface area contributed by atoms with Crippen LogP contribution in [0, 0.1) is 6.92 Å². The average Bonchev–Trinajstić information content (AvgIpc) is 2.47. The highest BCUT2D eigenvalue weighted by molar-refractivity contribution is 5.46. The maximum absolute atomic E-state index is 11.0. The second-order valence-corrected chi connectivity index (χ2v) is 5.33. The van der Waals surface area contributed by atoms with Gasteiger partial charge in [0, 0.05) is 5.56 Å². The first-order valence-corrected chi connectivity index (χ1v) is 6.96. The molecule has 0 aliphatic rings. The van der Waals surface area contributed by atoms with E-state index in [1.165, 1.54) is 5.56 Å². The average molecular weight is 270 g/mol. The zero-order valence-corrected chi connectivity index (χ0v) is 12.6. The molecule has 0 radical (unpaired) electrons. The summed E-state index contributed by atoms with van der Waals surface area (Å²) in [6.45, 7) is 5.95. The summed E-state index contributed by atoms with van der Waals surface area (Å²) in [5.74, 6) is 0.708. The number of hydrogen-bond donors (Lipinski definition) is 1. The molecule has 2 heteroatoms. The Morgan fingerprint density at radius 1 is 1.10 bits per heavy atom. The lowest BCUT2D eigenvalue weighted by Crippen LogP contribution is -2.23. The van der Waals surface area contributed by atoms with E-state index in [1.807, 2.05) is 44.2 Å². The van der Waals surface area contributed by atoms with Crippen molar-refractivity contribution in [2.24, 2.45) is 0 Å². The van der Waals surface area contributed by atoms with Crippen molar-refractivity contribution in [3.8, 4) is 5.75 Å². The number of benzene rings is 2. The fourth-order valence-corrected chi connectivity index (χ4v) is 2.42. The van der Waals surface area contributed by atoms with Gasteiger partial charge in [-0.2, -0.15) is 0 Å². The Morgan fingerprint density at radius 2 is 1.75 bits per heavy atom. The van der Waals surface area contributed by atoms with Gasteiger partial charge < -0.3 is 9.84 Å². The Hall–Kier alpha value is -1.80. The Balaban J connectivity index is 2.50. The summed E-state index contributed by atoms with van der Waals surface area (Å²) in [4.78, 5) is 0. The van der Waals surface area contributed by atoms with Crippen molar-refractivity contribution >= 4 is 0 Å². The van der Waals surface area contributed by atoms with E-state index >= 15 is 0 Å². The molecule has 1 N–H and O–H groups in total. The minimum absolute atomic E-state index is 0.708. The van der Waals surface area contributed by atoms with Crippen LogP contribution in [0.5, 0.6) is 5.75 Å². The summed E-state index contributed by atoms with van der Waals surface area (Å²) in [6, 6.07) is 14.0. The number of hydrogen-bond acceptors (Lipinski definition) is 2. The van der Waals surface area contributed by atoms with Crippen molar-refractivity contribution in [1.29, 1.82) is 0 Å². The van der Waals surface area contributed by atoms with Gasteiger partial charge in [0.2, 0.25) is 0 Å². The van der Waals surface area contributed by atoms with E-state index in [4.69, 9.17) is 4.74 Å². The van der Waals surface area contributed by atoms with Crippen LogP contribution in [0.25, 0.3) is 0 Å². The lowest BCUT2D eigenvalue weighted by Gasteiger charge is -2.27. The third-order valence-electron chi connectivity index (χ3n) is 3.80. The number of methoxy groups -OCH3 is 1. The number of ether oxygens (including phenoxy) is 1. The highest BCUT2D eigenvalue weighted by Gasteiger charge is 2.29. The van der Waals surface area contributed by atoms with Crippen molar-refractivity contribution in [2.75, 3.05) is 7.11 Å². The smallest absolute Gasteiger partial charge is 0.125 e. The van der Waals surface area contributed by atoms with Gasteiger partial charge in [-0.25, -0.2) is 0 Å². The topological polar surface area (TPSA) is 29.5 Å². The van der Waals surface area contributed by atoms with E-state index in [0.29, 0.717) is 5.75 Å². The first-order chi connectivity index (χ1) is 9.48. The van der Waals surface area contributed by atoms with E-state index in [-0.39, 0.29) is 0 Å². The lowest BCUT2D eigenvalue weighted by molar-refractivity contribution is 0.0989. The largest absolute Gasteiger partial charge is 0.496 e. The molecule has 106 valence electrons. The summed E-state index contributed by atoms with van der Waals surface area (Å²) >= 11 is 0. The van der Waals surface area contributed by atoms with Crippen LogP contribution < -0.4 is 4.74 Å². The maximum atomic E-state index is 11.0. The molecule has 0 bridgehead atoms. The fourth-order valence-electron chi connectivity index (χ4n) is 2.42. The molecule has 0 aromatic heterocycles. The highest BCUT2D eigenvalue weighted by atomic mass is 16.5. The van der Waals surface area contributed by atoms with Crippen LogP contribution in [0.3, 0.4) is 0 Å². The molecule has 0 aliphatic carbocycles. The normalized spacial score (nSPS) is 13.8. The van der Waals surface area contributed by atoms with Gasteiger partial charge in [-0.1, -0.05) is 42.8 Å². The molecule has 1 atom stereocenters. The molecule has 0 spiro atoms. The third-order valence-corrected chi connectivity index (χ3v) is 3.80. The van der Waals surface area contributed by atoms with Gasteiger partial charge in [0.05, 0.1) is 7.11 Å². The molecular weight excluding hydrogens is 248 g/mol. The molecule has 0 heterocycles. The molecule has 0 amide bonds. The molecule has 1 unspecified atom stereocenters. The first-order valence-electron chi connectivity index (χ1n) is 6.96. The highest BCUT2D eigenvalue weighted by Crippen LogP contribution is 2.36. The monoisotopic (exact) mass is 270 g/mol. The van der Waals surface area contributed by atoms with Crippen LogP contribution in [-0.4, -0.2) is 12.2 Å². The molecule has 2 rings (SSSR count). The van der Waals surface area contributed by atoms with Crippen LogP contribution in [0.4, 0.5) is 0 Å². The third kappa shape index (κ3) is 2.70. The van der Waals surface area contributed by atoms with Crippen LogP contribution in [0.2, 0.25) is 0 Å². The molecule has 2 nitrogen and oxygen atoms in total. The molecule has 20 heavy (non-hydrogen) atoms. The van der Waals surface area contributed by atoms with Crippen molar-refractivity contribution in [1.82, 2.24) is 0 Å². The van der Waals surface area contributed by atoms with Gasteiger partial charge in [0.1, 0.15) is 11.4 Å². The summed E-state index contributed by atoms with van der Waals surface area (Å²) in [6.07, 6.45) is 0.996. The number of aliphatic hydroxyl groups is 1. The number of aryl methyl sites for hydroxylation is 2. The van der Waals surface area contributed by atoms with E-state index in [0.717, 1.165) is 23.1 Å². The SMILES string of the molecule is CCc1ccc(C(C)(O)c2cc(C)ccc2OC)cc1. The second-order valence-electron chi connectivity index (χ2n) is 5.33. The van der Waals surface area contributed by atoms with Crippen LogP contribution >= 0.6 is 0 Å². The second kappa shape index (κ2) is 5.68. The maximum Gasteiger partial charge on any atom is 0.125 e. The zero-order valence-electron chi connectivity index (χ0n) is 12.6. The predicted octanol–water partition coefficient (Wildman–Crippen LogP) is 3.82. The van der Waals surface area contributed by atoms with E-state index in [1.54, 1.807) is 7.11 Å². The predicted molar refractivity (Wildman–Crippen MR) is 82.2 cm³/mol. The summed E-state index contributed by atoms with van der Waals surface area (Å²) < 4.78 is 5.39.